The van der Waals surface area contributed by atoms with Crippen LogP contribution in [0.3, 0.4) is 0 Å². The third kappa shape index (κ3) is 4.91. The van der Waals surface area contributed by atoms with Crippen LogP contribution < -0.4 is 5.32 Å². The second-order valence-corrected chi connectivity index (χ2v) is 5.73. The zero-order chi connectivity index (χ0) is 15.1. The van der Waals surface area contributed by atoms with Gasteiger partial charge in [-0.2, -0.15) is 0 Å². The zero-order valence-corrected chi connectivity index (χ0v) is 12.6. The molecule has 1 aliphatic carbocycles. The van der Waals surface area contributed by atoms with Gasteiger partial charge in [-0.15, -0.1) is 0 Å². The predicted molar refractivity (Wildman–Crippen MR) is 85.0 cm³/mol. The van der Waals surface area contributed by atoms with E-state index in [-0.39, 0.29) is 12.5 Å². The van der Waals surface area contributed by atoms with Gasteiger partial charge in [-0.05, 0) is 43.0 Å². The van der Waals surface area contributed by atoms with Crippen LogP contribution in [0.25, 0.3) is 0 Å². The van der Waals surface area contributed by atoms with E-state index in [1.54, 1.807) is 0 Å². The van der Waals surface area contributed by atoms with E-state index in [2.05, 4.69) is 17.2 Å². The van der Waals surface area contributed by atoms with E-state index in [1.807, 2.05) is 25.1 Å². The maximum Gasteiger partial charge on any atom is 0.224 e. The second-order valence-electron chi connectivity index (χ2n) is 5.73. The second kappa shape index (κ2) is 7.85. The summed E-state index contributed by atoms with van der Waals surface area (Å²) in [6.07, 6.45) is 6.82. The van der Waals surface area contributed by atoms with Gasteiger partial charge in [-0.25, -0.2) is 0 Å². The summed E-state index contributed by atoms with van der Waals surface area (Å²) in [6.45, 7) is 1.81. The number of carbonyl (C=O) groups excluding carboxylic acids is 1. The van der Waals surface area contributed by atoms with Gasteiger partial charge in [0.2, 0.25) is 5.91 Å². The summed E-state index contributed by atoms with van der Waals surface area (Å²) in [5.41, 5.74) is 2.70. The smallest absolute Gasteiger partial charge is 0.224 e. The summed E-state index contributed by atoms with van der Waals surface area (Å²) in [6, 6.07) is 5.67. The first-order chi connectivity index (χ1) is 10.2. The van der Waals surface area contributed by atoms with Crippen molar-refractivity contribution in [2.24, 2.45) is 5.92 Å². The van der Waals surface area contributed by atoms with Gasteiger partial charge in [0.05, 0.1) is 0 Å². The van der Waals surface area contributed by atoms with Gasteiger partial charge in [-0.3, -0.25) is 4.79 Å². The zero-order valence-electron chi connectivity index (χ0n) is 12.6. The number of hydrogen-bond acceptors (Lipinski definition) is 2. The minimum atomic E-state index is -0.140. The lowest BCUT2D eigenvalue weighted by Gasteiger charge is -2.10. The molecule has 2 N–H and O–H groups in total. The Hall–Kier alpha value is -1.79. The molecule has 2 rings (SSSR count). The fraction of sp³-hybridized carbons (Fsp3) is 0.500. The molecule has 112 valence electrons. The molecule has 0 radical (unpaired) electrons. The number of rotatable bonds is 4. The minimum absolute atomic E-state index is 0.0930. The highest BCUT2D eigenvalue weighted by Crippen LogP contribution is 2.28. The molecule has 0 bridgehead atoms. The molecule has 3 heteroatoms. The number of nitrogens with one attached hydrogen (secondary N) is 1. The lowest BCUT2D eigenvalue weighted by atomic mass is 10.0. The fourth-order valence-electron chi connectivity index (χ4n) is 2.87. The molecule has 0 aliphatic heterocycles. The predicted octanol–water partition coefficient (Wildman–Crippen LogP) is 3.25. The number of amides is 1. The van der Waals surface area contributed by atoms with E-state index in [1.165, 1.54) is 25.7 Å². The molecule has 1 fully saturated rings. The summed E-state index contributed by atoms with van der Waals surface area (Å²) >= 11 is 0. The van der Waals surface area contributed by atoms with Crippen molar-refractivity contribution in [3.63, 3.8) is 0 Å². The van der Waals surface area contributed by atoms with Gasteiger partial charge in [-0.1, -0.05) is 37.5 Å². The van der Waals surface area contributed by atoms with Gasteiger partial charge < -0.3 is 10.4 Å². The van der Waals surface area contributed by atoms with E-state index in [4.69, 9.17) is 5.11 Å². The van der Waals surface area contributed by atoms with Crippen molar-refractivity contribution in [2.45, 2.75) is 45.4 Å². The van der Waals surface area contributed by atoms with Gasteiger partial charge in [0, 0.05) is 17.7 Å². The normalized spacial score (nSPS) is 14.6. The molecule has 1 aromatic rings. The van der Waals surface area contributed by atoms with E-state index >= 15 is 0 Å². The number of hydrogen-bond donors (Lipinski definition) is 2. The molecule has 1 saturated carbocycles. The molecule has 21 heavy (non-hydrogen) atoms. The van der Waals surface area contributed by atoms with Crippen molar-refractivity contribution in [1.29, 1.82) is 0 Å². The molecule has 0 spiro atoms. The monoisotopic (exact) mass is 285 g/mol. The minimum Gasteiger partial charge on any atom is -0.384 e. The third-order valence-electron chi connectivity index (χ3n) is 4.07. The number of aryl methyl sites for hydroxylation is 1. The number of benzene rings is 1. The largest absolute Gasteiger partial charge is 0.384 e. The molecule has 0 atom stereocenters. The summed E-state index contributed by atoms with van der Waals surface area (Å²) < 4.78 is 0. The molecular weight excluding hydrogens is 262 g/mol. The van der Waals surface area contributed by atoms with E-state index in [9.17, 15) is 4.79 Å². The first-order valence-electron chi connectivity index (χ1n) is 7.69. The van der Waals surface area contributed by atoms with E-state index in [0.29, 0.717) is 6.42 Å². The Bertz CT molecular complexity index is 548. The lowest BCUT2D eigenvalue weighted by Crippen LogP contribution is -2.12. The SMILES string of the molecule is Cc1cc(NC(=O)CCC2CCCC2)ccc1C#CCO. The van der Waals surface area contributed by atoms with Crippen LogP contribution in [0.4, 0.5) is 5.69 Å². The third-order valence-corrected chi connectivity index (χ3v) is 4.07. The molecule has 0 saturated heterocycles. The van der Waals surface area contributed by atoms with Gasteiger partial charge >= 0.3 is 0 Å². The van der Waals surface area contributed by atoms with Crippen molar-refractivity contribution in [3.05, 3.63) is 29.3 Å². The molecule has 0 aromatic heterocycles. The van der Waals surface area contributed by atoms with Crippen LogP contribution in [0.5, 0.6) is 0 Å². The van der Waals surface area contributed by atoms with Crippen LogP contribution in [0.2, 0.25) is 0 Å². The molecule has 1 aromatic carbocycles. The van der Waals surface area contributed by atoms with Gasteiger partial charge in [0.1, 0.15) is 6.61 Å². The Morgan fingerprint density at radius 2 is 2.14 bits per heavy atom. The van der Waals surface area contributed by atoms with Crippen molar-refractivity contribution in [3.8, 4) is 11.8 Å². The highest BCUT2D eigenvalue weighted by Gasteiger charge is 2.16. The first-order valence-corrected chi connectivity index (χ1v) is 7.69. The molecule has 0 unspecified atom stereocenters. The molecular formula is C18H23NO2. The van der Waals surface area contributed by atoms with Crippen molar-refractivity contribution >= 4 is 11.6 Å². The van der Waals surface area contributed by atoms with Crippen LogP contribution in [0.15, 0.2) is 18.2 Å². The maximum atomic E-state index is 12.0. The molecule has 1 amide bonds. The highest BCUT2D eigenvalue weighted by atomic mass is 16.2. The Balaban J connectivity index is 1.87. The number of anilines is 1. The quantitative estimate of drug-likeness (QED) is 0.834. The number of carbonyl (C=O) groups is 1. The maximum absolute atomic E-state index is 12.0. The topological polar surface area (TPSA) is 49.3 Å². The number of aliphatic hydroxyl groups excluding tert-OH is 1. The van der Waals surface area contributed by atoms with Gasteiger partial charge in [0.25, 0.3) is 0 Å². The summed E-state index contributed by atoms with van der Waals surface area (Å²) in [7, 11) is 0. The summed E-state index contributed by atoms with van der Waals surface area (Å²) in [5, 5.41) is 11.7. The van der Waals surface area contributed by atoms with Crippen molar-refractivity contribution < 1.29 is 9.90 Å². The Morgan fingerprint density at radius 3 is 2.81 bits per heavy atom. The fourth-order valence-corrected chi connectivity index (χ4v) is 2.87. The van der Waals surface area contributed by atoms with Crippen LogP contribution >= 0.6 is 0 Å². The average molecular weight is 285 g/mol. The van der Waals surface area contributed by atoms with Crippen LogP contribution in [-0.4, -0.2) is 17.6 Å². The standard InChI is InChI=1S/C18H23NO2/c1-14-13-17(10-9-16(14)7-4-12-20)19-18(21)11-8-15-5-2-3-6-15/h9-10,13,15,20H,2-3,5-6,8,11-12H2,1H3,(H,19,21). The molecule has 3 nitrogen and oxygen atoms in total. The van der Waals surface area contributed by atoms with Crippen LogP contribution in [-0.2, 0) is 4.79 Å². The van der Waals surface area contributed by atoms with E-state index < -0.39 is 0 Å². The van der Waals surface area contributed by atoms with Crippen LogP contribution in [0, 0.1) is 24.7 Å². The number of aliphatic hydroxyl groups is 1. The summed E-state index contributed by atoms with van der Waals surface area (Å²) in [5.74, 6) is 6.37. The molecule has 1 aliphatic rings. The van der Waals surface area contributed by atoms with Crippen molar-refractivity contribution in [1.82, 2.24) is 0 Å². The van der Waals surface area contributed by atoms with Gasteiger partial charge in [0.15, 0.2) is 0 Å². The lowest BCUT2D eigenvalue weighted by molar-refractivity contribution is -0.116. The first kappa shape index (κ1) is 15.6. The van der Waals surface area contributed by atoms with Crippen molar-refractivity contribution in [2.75, 3.05) is 11.9 Å². The van der Waals surface area contributed by atoms with E-state index in [0.717, 1.165) is 29.2 Å². The Kier molecular flexibility index (Phi) is 5.83. The Labute approximate surface area is 126 Å². The summed E-state index contributed by atoms with van der Waals surface area (Å²) in [4.78, 5) is 12.0. The Morgan fingerprint density at radius 1 is 1.38 bits per heavy atom. The average Bonchev–Trinajstić information content (AvgIpc) is 2.98. The molecule has 0 heterocycles. The highest BCUT2D eigenvalue weighted by molar-refractivity contribution is 5.90. The van der Waals surface area contributed by atoms with Crippen LogP contribution in [0.1, 0.15) is 49.7 Å².